The first kappa shape index (κ1) is 12.4. The summed E-state index contributed by atoms with van der Waals surface area (Å²) in [6, 6.07) is 7.07. The van der Waals surface area contributed by atoms with Crippen molar-refractivity contribution >= 4 is 17.7 Å². The van der Waals surface area contributed by atoms with Crippen LogP contribution in [0.3, 0.4) is 0 Å². The molecule has 0 radical (unpaired) electrons. The molecule has 0 bridgehead atoms. The number of carboxylic acid groups (broad SMARTS) is 1. The number of anilines is 1. The Morgan fingerprint density at radius 3 is 2.83 bits per heavy atom. The number of carboxylic acids is 1. The van der Waals surface area contributed by atoms with Gasteiger partial charge in [-0.15, -0.1) is 0 Å². The molecule has 1 heterocycles. The van der Waals surface area contributed by atoms with Crippen LogP contribution in [-0.4, -0.2) is 30.3 Å². The molecule has 0 aliphatic carbocycles. The molecule has 1 N–H and O–H groups in total. The fourth-order valence-electron chi connectivity index (χ4n) is 2.21. The Bertz CT molecular complexity index is 472. The number of hydrogen-bond donors (Lipinski definition) is 1. The van der Waals surface area contributed by atoms with Gasteiger partial charge in [0, 0.05) is 6.54 Å². The van der Waals surface area contributed by atoms with E-state index in [1.54, 1.807) is 31.2 Å². The Balaban J connectivity index is 2.36. The molecule has 1 aromatic rings. The minimum Gasteiger partial charge on any atom is -0.481 e. The number of rotatable bonds is 2. The van der Waals surface area contributed by atoms with Gasteiger partial charge in [0.2, 0.25) is 0 Å². The van der Waals surface area contributed by atoms with Crippen LogP contribution in [0.15, 0.2) is 24.3 Å². The second-order valence-electron chi connectivity index (χ2n) is 4.09. The Kier molecular flexibility index (Phi) is 3.50. The lowest BCUT2D eigenvalue weighted by Crippen LogP contribution is -2.38. The van der Waals surface area contributed by atoms with Gasteiger partial charge < -0.3 is 9.84 Å². The van der Waals surface area contributed by atoms with Gasteiger partial charge in [0.05, 0.1) is 18.2 Å². The lowest BCUT2D eigenvalue weighted by molar-refractivity contribution is -0.139. The average Bonchev–Trinajstić information content (AvgIpc) is 2.37. The predicted molar refractivity (Wildman–Crippen MR) is 65.8 cm³/mol. The fourth-order valence-corrected chi connectivity index (χ4v) is 2.21. The highest BCUT2D eigenvalue weighted by atomic mass is 16.6. The van der Waals surface area contributed by atoms with Gasteiger partial charge in [-0.3, -0.25) is 9.69 Å². The minimum absolute atomic E-state index is 0.305. The molecule has 0 saturated heterocycles. The molecule has 0 spiro atoms. The van der Waals surface area contributed by atoms with Crippen molar-refractivity contribution in [2.45, 2.75) is 19.3 Å². The maximum absolute atomic E-state index is 11.8. The van der Waals surface area contributed by atoms with Crippen molar-refractivity contribution in [3.8, 4) is 0 Å². The Morgan fingerprint density at radius 1 is 1.44 bits per heavy atom. The van der Waals surface area contributed by atoms with Crippen molar-refractivity contribution < 1.29 is 19.4 Å². The van der Waals surface area contributed by atoms with E-state index in [1.807, 2.05) is 0 Å². The third kappa shape index (κ3) is 2.16. The van der Waals surface area contributed by atoms with E-state index in [9.17, 15) is 14.7 Å². The number of carbonyl (C=O) groups is 2. The van der Waals surface area contributed by atoms with Crippen LogP contribution in [0.1, 0.15) is 24.8 Å². The summed E-state index contributed by atoms with van der Waals surface area (Å²) in [6.07, 6.45) is -0.0145. The summed E-state index contributed by atoms with van der Waals surface area (Å²) in [6.45, 7) is 2.42. The van der Waals surface area contributed by atoms with Gasteiger partial charge in [-0.05, 0) is 25.0 Å². The third-order valence-corrected chi connectivity index (χ3v) is 3.03. The topological polar surface area (TPSA) is 66.8 Å². The van der Waals surface area contributed by atoms with E-state index in [1.165, 1.54) is 4.90 Å². The average molecular weight is 249 g/mol. The molecule has 1 aromatic carbocycles. The van der Waals surface area contributed by atoms with E-state index in [0.717, 1.165) is 0 Å². The predicted octanol–water partition coefficient (Wildman–Crippen LogP) is 2.22. The second-order valence-corrected chi connectivity index (χ2v) is 4.09. The summed E-state index contributed by atoms with van der Waals surface area (Å²) in [7, 11) is 0. The zero-order chi connectivity index (χ0) is 13.1. The van der Waals surface area contributed by atoms with Gasteiger partial charge in [-0.2, -0.15) is 0 Å². The van der Waals surface area contributed by atoms with Crippen LogP contribution in [0.25, 0.3) is 0 Å². The highest BCUT2D eigenvalue weighted by molar-refractivity contribution is 5.92. The van der Waals surface area contributed by atoms with Gasteiger partial charge in [-0.1, -0.05) is 18.2 Å². The summed E-state index contributed by atoms with van der Waals surface area (Å²) in [5.41, 5.74) is 1.30. The zero-order valence-corrected chi connectivity index (χ0v) is 10.1. The number of nitrogens with zero attached hydrogens (tertiary/aromatic N) is 1. The molecule has 0 fully saturated rings. The number of carbonyl (C=O) groups excluding carboxylic acids is 1. The van der Waals surface area contributed by atoms with E-state index in [4.69, 9.17) is 4.74 Å². The van der Waals surface area contributed by atoms with E-state index in [0.29, 0.717) is 30.8 Å². The first-order valence-corrected chi connectivity index (χ1v) is 5.91. The van der Waals surface area contributed by atoms with Crippen LogP contribution in [-0.2, 0) is 9.53 Å². The largest absolute Gasteiger partial charge is 0.481 e. The Labute approximate surface area is 105 Å². The molecule has 2 rings (SSSR count). The standard InChI is InChI=1S/C13H15NO4/c1-2-18-13(17)14-8-7-10(12(15)16)9-5-3-4-6-11(9)14/h3-6,10H,2,7-8H2,1H3,(H,15,16). The van der Waals surface area contributed by atoms with Crippen molar-refractivity contribution in [1.29, 1.82) is 0 Å². The molecule has 1 atom stereocenters. The van der Waals surface area contributed by atoms with Crippen molar-refractivity contribution in [2.24, 2.45) is 0 Å². The molecule has 96 valence electrons. The van der Waals surface area contributed by atoms with Crippen molar-refractivity contribution in [3.05, 3.63) is 29.8 Å². The van der Waals surface area contributed by atoms with E-state index in [-0.39, 0.29) is 0 Å². The highest BCUT2D eigenvalue weighted by Gasteiger charge is 2.32. The minimum atomic E-state index is -0.856. The maximum Gasteiger partial charge on any atom is 0.414 e. The number of para-hydroxylation sites is 1. The molecule has 5 heteroatoms. The summed E-state index contributed by atoms with van der Waals surface area (Å²) in [5.74, 6) is -1.40. The van der Waals surface area contributed by atoms with E-state index in [2.05, 4.69) is 0 Å². The van der Waals surface area contributed by atoms with Crippen LogP contribution in [0.4, 0.5) is 10.5 Å². The fraction of sp³-hybridized carbons (Fsp3) is 0.385. The number of ether oxygens (including phenoxy) is 1. The quantitative estimate of drug-likeness (QED) is 0.872. The summed E-state index contributed by atoms with van der Waals surface area (Å²) < 4.78 is 4.97. The molecule has 1 amide bonds. The van der Waals surface area contributed by atoms with Crippen LogP contribution < -0.4 is 4.90 Å². The van der Waals surface area contributed by atoms with Crippen molar-refractivity contribution in [3.63, 3.8) is 0 Å². The number of amides is 1. The third-order valence-electron chi connectivity index (χ3n) is 3.03. The SMILES string of the molecule is CCOC(=O)N1CCC(C(=O)O)c2ccccc21. The molecular weight excluding hydrogens is 234 g/mol. The van der Waals surface area contributed by atoms with E-state index >= 15 is 0 Å². The smallest absolute Gasteiger partial charge is 0.414 e. The Hall–Kier alpha value is -2.04. The van der Waals surface area contributed by atoms with Crippen molar-refractivity contribution in [2.75, 3.05) is 18.1 Å². The normalized spacial score (nSPS) is 18.1. The number of hydrogen-bond acceptors (Lipinski definition) is 3. The molecule has 0 saturated carbocycles. The van der Waals surface area contributed by atoms with Crippen LogP contribution >= 0.6 is 0 Å². The van der Waals surface area contributed by atoms with Crippen LogP contribution in [0.2, 0.25) is 0 Å². The summed E-state index contributed by atoms with van der Waals surface area (Å²) in [5, 5.41) is 9.18. The highest BCUT2D eigenvalue weighted by Crippen LogP contribution is 2.35. The molecule has 0 aromatic heterocycles. The molecule has 18 heavy (non-hydrogen) atoms. The van der Waals surface area contributed by atoms with Gasteiger partial charge in [0.1, 0.15) is 0 Å². The molecular formula is C13H15NO4. The lowest BCUT2D eigenvalue weighted by atomic mass is 9.90. The van der Waals surface area contributed by atoms with Gasteiger partial charge >= 0.3 is 12.1 Å². The Morgan fingerprint density at radius 2 is 2.17 bits per heavy atom. The lowest BCUT2D eigenvalue weighted by Gasteiger charge is -2.31. The first-order chi connectivity index (χ1) is 8.65. The first-order valence-electron chi connectivity index (χ1n) is 5.91. The molecule has 5 nitrogen and oxygen atoms in total. The monoisotopic (exact) mass is 249 g/mol. The van der Waals surface area contributed by atoms with Gasteiger partial charge in [0.25, 0.3) is 0 Å². The summed E-state index contributed by atoms with van der Waals surface area (Å²) >= 11 is 0. The van der Waals surface area contributed by atoms with Gasteiger partial charge in [-0.25, -0.2) is 4.79 Å². The van der Waals surface area contributed by atoms with Gasteiger partial charge in [0.15, 0.2) is 0 Å². The number of benzene rings is 1. The summed E-state index contributed by atoms with van der Waals surface area (Å²) in [4.78, 5) is 24.5. The number of aliphatic carboxylic acids is 1. The molecule has 1 aliphatic heterocycles. The number of fused-ring (bicyclic) bond motifs is 1. The zero-order valence-electron chi connectivity index (χ0n) is 10.1. The van der Waals surface area contributed by atoms with E-state index < -0.39 is 18.0 Å². The maximum atomic E-state index is 11.8. The van der Waals surface area contributed by atoms with Crippen LogP contribution in [0, 0.1) is 0 Å². The second kappa shape index (κ2) is 5.08. The molecule has 1 unspecified atom stereocenters. The molecule has 1 aliphatic rings. The van der Waals surface area contributed by atoms with Crippen molar-refractivity contribution in [1.82, 2.24) is 0 Å². The van der Waals surface area contributed by atoms with Crippen LogP contribution in [0.5, 0.6) is 0 Å².